The van der Waals surface area contributed by atoms with Gasteiger partial charge in [0.15, 0.2) is 0 Å². The summed E-state index contributed by atoms with van der Waals surface area (Å²) < 4.78 is 42.7. The summed E-state index contributed by atoms with van der Waals surface area (Å²) in [5, 5.41) is 0. The van der Waals surface area contributed by atoms with Crippen LogP contribution < -0.4 is 9.46 Å². The Morgan fingerprint density at radius 3 is 2.83 bits per heavy atom. The lowest BCUT2D eigenvalue weighted by Gasteiger charge is -2.14. The number of ether oxygens (including phenoxy) is 3. The Bertz CT molecular complexity index is 652. The molecule has 1 atom stereocenters. The molecule has 0 aliphatic carbocycles. The number of carbonyl (C=O) groups excluding carboxylic acids is 1. The molecule has 2 rings (SSSR count). The molecular weight excluding hydrogens is 322 g/mol. The average molecular weight is 343 g/mol. The monoisotopic (exact) mass is 343 g/mol. The smallest absolute Gasteiger partial charge is 0.341 e. The van der Waals surface area contributed by atoms with E-state index in [-0.39, 0.29) is 16.5 Å². The van der Waals surface area contributed by atoms with Gasteiger partial charge < -0.3 is 14.2 Å². The number of hydrogen-bond acceptors (Lipinski definition) is 6. The van der Waals surface area contributed by atoms with Crippen LogP contribution in [0.25, 0.3) is 0 Å². The zero-order valence-corrected chi connectivity index (χ0v) is 14.0. The Balaban J connectivity index is 2.29. The zero-order chi connectivity index (χ0) is 16.9. The number of benzene rings is 1. The van der Waals surface area contributed by atoms with Crippen molar-refractivity contribution >= 4 is 16.0 Å². The van der Waals surface area contributed by atoms with Crippen molar-refractivity contribution < 1.29 is 27.4 Å². The first-order valence-corrected chi connectivity index (χ1v) is 8.91. The van der Waals surface area contributed by atoms with Crippen LogP contribution in [-0.4, -0.2) is 47.4 Å². The highest BCUT2D eigenvalue weighted by molar-refractivity contribution is 7.89. The van der Waals surface area contributed by atoms with Crippen LogP contribution in [0, 0.1) is 0 Å². The van der Waals surface area contributed by atoms with Gasteiger partial charge in [0, 0.05) is 12.6 Å². The minimum Gasteiger partial charge on any atom is -0.493 e. The van der Waals surface area contributed by atoms with Gasteiger partial charge in [-0.2, -0.15) is 0 Å². The highest BCUT2D eigenvalue weighted by atomic mass is 32.2. The van der Waals surface area contributed by atoms with Crippen molar-refractivity contribution in [1.29, 1.82) is 0 Å². The molecule has 1 aliphatic rings. The first-order chi connectivity index (χ1) is 11.0. The molecule has 23 heavy (non-hydrogen) atoms. The highest BCUT2D eigenvalue weighted by Crippen LogP contribution is 2.24. The predicted molar refractivity (Wildman–Crippen MR) is 83.1 cm³/mol. The maximum absolute atomic E-state index is 12.4. The summed E-state index contributed by atoms with van der Waals surface area (Å²) >= 11 is 0. The number of methoxy groups -OCH3 is 1. The van der Waals surface area contributed by atoms with Gasteiger partial charge in [-0.25, -0.2) is 17.9 Å². The van der Waals surface area contributed by atoms with Crippen molar-refractivity contribution in [3.05, 3.63) is 23.8 Å². The van der Waals surface area contributed by atoms with Crippen LogP contribution in [0.5, 0.6) is 5.75 Å². The number of sulfonamides is 1. The van der Waals surface area contributed by atoms with Gasteiger partial charge in [-0.3, -0.25) is 0 Å². The molecule has 1 saturated heterocycles. The Labute approximate surface area is 136 Å². The van der Waals surface area contributed by atoms with Crippen LogP contribution in [0.15, 0.2) is 23.1 Å². The van der Waals surface area contributed by atoms with E-state index in [1.54, 1.807) is 0 Å². The van der Waals surface area contributed by atoms with Gasteiger partial charge >= 0.3 is 5.97 Å². The van der Waals surface area contributed by atoms with Crippen LogP contribution >= 0.6 is 0 Å². The van der Waals surface area contributed by atoms with E-state index in [0.29, 0.717) is 32.0 Å². The summed E-state index contributed by atoms with van der Waals surface area (Å²) in [6.45, 7) is 3.24. The van der Waals surface area contributed by atoms with Crippen LogP contribution in [0.1, 0.15) is 30.1 Å². The third-order valence-electron chi connectivity index (χ3n) is 3.38. The molecule has 8 heteroatoms. The first-order valence-electron chi connectivity index (χ1n) is 7.43. The molecular formula is C15H21NO6S. The van der Waals surface area contributed by atoms with Crippen molar-refractivity contribution in [3.8, 4) is 5.75 Å². The normalized spacial score (nSPS) is 17.9. The molecule has 1 fully saturated rings. The minimum atomic E-state index is -3.74. The molecule has 1 aliphatic heterocycles. The number of rotatable bonds is 7. The maximum atomic E-state index is 12.4. The van der Waals surface area contributed by atoms with Crippen LogP contribution in [0.4, 0.5) is 0 Å². The van der Waals surface area contributed by atoms with E-state index < -0.39 is 16.0 Å². The standard InChI is InChI=1S/C15H21NO6S/c1-3-7-22-14-5-4-12(9-13(14)15(17)20-2)23(18,19)16-11-6-8-21-10-11/h4-5,9,11,16H,3,6-8,10H2,1-2H3/t11-/m0/s1. The second-order valence-corrected chi connectivity index (χ2v) is 6.89. The summed E-state index contributed by atoms with van der Waals surface area (Å²) in [6, 6.07) is 3.91. The van der Waals surface area contributed by atoms with Gasteiger partial charge in [0.05, 0.1) is 25.2 Å². The number of carbonyl (C=O) groups is 1. The maximum Gasteiger partial charge on any atom is 0.341 e. The van der Waals surface area contributed by atoms with Crippen molar-refractivity contribution in [2.75, 3.05) is 26.9 Å². The number of hydrogen-bond donors (Lipinski definition) is 1. The fourth-order valence-corrected chi connectivity index (χ4v) is 3.48. The largest absolute Gasteiger partial charge is 0.493 e. The molecule has 1 aromatic carbocycles. The Morgan fingerprint density at radius 2 is 2.22 bits per heavy atom. The molecule has 0 aromatic heterocycles. The molecule has 0 unspecified atom stereocenters. The second kappa shape index (κ2) is 7.76. The lowest BCUT2D eigenvalue weighted by Crippen LogP contribution is -2.35. The summed E-state index contributed by atoms with van der Waals surface area (Å²) in [6.07, 6.45) is 1.39. The van der Waals surface area contributed by atoms with Gasteiger partial charge in [0.1, 0.15) is 11.3 Å². The minimum absolute atomic E-state index is 0.00588. The van der Waals surface area contributed by atoms with E-state index in [2.05, 4.69) is 4.72 Å². The van der Waals surface area contributed by atoms with Gasteiger partial charge in [0.2, 0.25) is 10.0 Å². The van der Waals surface area contributed by atoms with Crippen molar-refractivity contribution in [2.24, 2.45) is 0 Å². The zero-order valence-electron chi connectivity index (χ0n) is 13.2. The highest BCUT2D eigenvalue weighted by Gasteiger charge is 2.25. The SMILES string of the molecule is CCCOc1ccc(S(=O)(=O)N[C@H]2CCOC2)cc1C(=O)OC. The Hall–Kier alpha value is -1.64. The third kappa shape index (κ3) is 4.43. The van der Waals surface area contributed by atoms with E-state index in [9.17, 15) is 13.2 Å². The van der Waals surface area contributed by atoms with Gasteiger partial charge in [-0.05, 0) is 31.0 Å². The van der Waals surface area contributed by atoms with Crippen LogP contribution in [0.3, 0.4) is 0 Å². The molecule has 1 heterocycles. The molecule has 0 spiro atoms. The lowest BCUT2D eigenvalue weighted by molar-refractivity contribution is 0.0595. The van der Waals surface area contributed by atoms with Crippen LogP contribution in [-0.2, 0) is 19.5 Å². The molecule has 7 nitrogen and oxygen atoms in total. The van der Waals surface area contributed by atoms with E-state index in [1.165, 1.54) is 25.3 Å². The molecule has 0 bridgehead atoms. The van der Waals surface area contributed by atoms with Gasteiger partial charge in [-0.1, -0.05) is 6.92 Å². The summed E-state index contributed by atoms with van der Waals surface area (Å²) in [7, 11) is -2.50. The van der Waals surface area contributed by atoms with E-state index >= 15 is 0 Å². The summed E-state index contributed by atoms with van der Waals surface area (Å²) in [4.78, 5) is 11.9. The topological polar surface area (TPSA) is 90.9 Å². The van der Waals surface area contributed by atoms with Crippen molar-refractivity contribution in [1.82, 2.24) is 4.72 Å². The first kappa shape index (κ1) is 17.7. The van der Waals surface area contributed by atoms with Crippen molar-refractivity contribution in [2.45, 2.75) is 30.7 Å². The Kier molecular flexibility index (Phi) is 5.97. The van der Waals surface area contributed by atoms with E-state index in [4.69, 9.17) is 14.2 Å². The molecule has 0 amide bonds. The van der Waals surface area contributed by atoms with E-state index in [1.807, 2.05) is 6.92 Å². The number of esters is 1. The van der Waals surface area contributed by atoms with Crippen molar-refractivity contribution in [3.63, 3.8) is 0 Å². The van der Waals surface area contributed by atoms with Gasteiger partial charge in [-0.15, -0.1) is 0 Å². The fraction of sp³-hybridized carbons (Fsp3) is 0.533. The second-order valence-electron chi connectivity index (χ2n) is 5.18. The molecule has 0 saturated carbocycles. The lowest BCUT2D eigenvalue weighted by atomic mass is 10.2. The van der Waals surface area contributed by atoms with Gasteiger partial charge in [0.25, 0.3) is 0 Å². The Morgan fingerprint density at radius 1 is 1.43 bits per heavy atom. The quantitative estimate of drug-likeness (QED) is 0.751. The molecule has 0 radical (unpaired) electrons. The molecule has 1 aromatic rings. The van der Waals surface area contributed by atoms with E-state index in [0.717, 1.165) is 6.42 Å². The summed E-state index contributed by atoms with van der Waals surface area (Å²) in [5.41, 5.74) is 0.0893. The van der Waals surface area contributed by atoms with Crippen LogP contribution in [0.2, 0.25) is 0 Å². The summed E-state index contributed by atoms with van der Waals surface area (Å²) in [5.74, 6) is -0.334. The number of nitrogens with one attached hydrogen (secondary N) is 1. The average Bonchev–Trinajstić information content (AvgIpc) is 3.04. The molecule has 128 valence electrons. The fourth-order valence-electron chi connectivity index (χ4n) is 2.20. The molecule has 1 N–H and O–H groups in total. The third-order valence-corrected chi connectivity index (χ3v) is 4.90. The predicted octanol–water partition coefficient (Wildman–Crippen LogP) is 1.33.